The van der Waals surface area contributed by atoms with Crippen molar-refractivity contribution in [2.45, 2.75) is 31.4 Å². The number of carbonyl (C=O) groups excluding carboxylic acids is 2. The topological polar surface area (TPSA) is 74.9 Å². The standard InChI is InChI=1S/C27H30F3N3O4/c1-32(16-34)15-25(35)33-10-8-17(9-11-33)18-4-6-22-20(12-18)21(14-27(28,29)30)26(31-22)19-5-7-23(36-2)24(13-19)37-3/h4-7,12-13,16-17,31H,8-11,14-15H2,1-3H3. The highest BCUT2D eigenvalue weighted by atomic mass is 19.4. The molecule has 0 bridgehead atoms. The summed E-state index contributed by atoms with van der Waals surface area (Å²) in [5, 5.41) is 0.533. The van der Waals surface area contributed by atoms with Crippen molar-refractivity contribution in [1.29, 1.82) is 0 Å². The smallest absolute Gasteiger partial charge is 0.393 e. The molecule has 2 amide bonds. The first-order chi connectivity index (χ1) is 17.6. The Morgan fingerprint density at radius 2 is 1.81 bits per heavy atom. The zero-order valence-corrected chi connectivity index (χ0v) is 21.0. The van der Waals surface area contributed by atoms with E-state index in [1.165, 1.54) is 19.1 Å². The summed E-state index contributed by atoms with van der Waals surface area (Å²) in [6.07, 6.45) is -3.45. The summed E-state index contributed by atoms with van der Waals surface area (Å²) in [4.78, 5) is 29.4. The Morgan fingerprint density at radius 3 is 2.43 bits per heavy atom. The van der Waals surface area contributed by atoms with Crippen LogP contribution < -0.4 is 9.47 Å². The van der Waals surface area contributed by atoms with Crippen LogP contribution >= 0.6 is 0 Å². The Kier molecular flexibility index (Phi) is 7.65. The zero-order valence-electron chi connectivity index (χ0n) is 21.0. The van der Waals surface area contributed by atoms with Gasteiger partial charge in [0.05, 0.1) is 32.9 Å². The maximum absolute atomic E-state index is 13.7. The van der Waals surface area contributed by atoms with Crippen LogP contribution in [0.4, 0.5) is 13.2 Å². The van der Waals surface area contributed by atoms with E-state index in [0.717, 1.165) is 5.56 Å². The third kappa shape index (κ3) is 5.84. The maximum Gasteiger partial charge on any atom is 0.393 e. The number of methoxy groups -OCH3 is 2. The molecule has 37 heavy (non-hydrogen) atoms. The van der Waals surface area contributed by atoms with E-state index < -0.39 is 12.6 Å². The molecule has 0 radical (unpaired) electrons. The number of likely N-dealkylation sites (tertiary alicyclic amines) is 1. The van der Waals surface area contributed by atoms with E-state index >= 15 is 0 Å². The van der Waals surface area contributed by atoms with E-state index in [9.17, 15) is 22.8 Å². The van der Waals surface area contributed by atoms with Crippen molar-refractivity contribution in [2.24, 2.45) is 0 Å². The molecule has 1 aromatic heterocycles. The molecule has 3 aromatic rings. The number of carbonyl (C=O) groups is 2. The predicted octanol–water partition coefficient (Wildman–Crippen LogP) is 4.75. The van der Waals surface area contributed by atoms with Gasteiger partial charge in [0.15, 0.2) is 11.5 Å². The van der Waals surface area contributed by atoms with Crippen molar-refractivity contribution < 1.29 is 32.2 Å². The number of amides is 2. The number of H-pyrrole nitrogens is 1. The molecule has 4 rings (SSSR count). The fraction of sp³-hybridized carbons (Fsp3) is 0.407. The van der Waals surface area contributed by atoms with Crippen LogP contribution in [-0.2, 0) is 16.0 Å². The largest absolute Gasteiger partial charge is 0.493 e. The van der Waals surface area contributed by atoms with Gasteiger partial charge in [-0.1, -0.05) is 6.07 Å². The molecule has 2 heterocycles. The maximum atomic E-state index is 13.7. The van der Waals surface area contributed by atoms with Crippen LogP contribution in [0.2, 0.25) is 0 Å². The van der Waals surface area contributed by atoms with Crippen LogP contribution in [0.15, 0.2) is 36.4 Å². The van der Waals surface area contributed by atoms with Gasteiger partial charge in [-0.3, -0.25) is 9.59 Å². The molecule has 0 unspecified atom stereocenters. The molecule has 1 saturated heterocycles. The Bertz CT molecular complexity index is 1280. The van der Waals surface area contributed by atoms with Crippen LogP contribution in [0.1, 0.15) is 29.9 Å². The van der Waals surface area contributed by atoms with Gasteiger partial charge >= 0.3 is 6.18 Å². The molecule has 0 spiro atoms. The first-order valence-corrected chi connectivity index (χ1v) is 12.0. The fourth-order valence-electron chi connectivity index (χ4n) is 4.95. The van der Waals surface area contributed by atoms with Gasteiger partial charge in [-0.15, -0.1) is 0 Å². The van der Waals surface area contributed by atoms with Gasteiger partial charge < -0.3 is 24.3 Å². The summed E-state index contributed by atoms with van der Waals surface area (Å²) in [6.45, 7) is 1.10. The first-order valence-electron chi connectivity index (χ1n) is 12.0. The molecule has 1 aliphatic rings. The van der Waals surface area contributed by atoms with Gasteiger partial charge in [0, 0.05) is 36.6 Å². The van der Waals surface area contributed by atoms with Crippen molar-refractivity contribution in [3.8, 4) is 22.8 Å². The number of aromatic amines is 1. The number of alkyl halides is 3. The summed E-state index contributed by atoms with van der Waals surface area (Å²) in [5.74, 6) is 0.930. The van der Waals surface area contributed by atoms with E-state index in [4.69, 9.17) is 9.47 Å². The lowest BCUT2D eigenvalue weighted by atomic mass is 9.88. The number of piperidine rings is 1. The highest BCUT2D eigenvalue weighted by molar-refractivity contribution is 5.92. The number of halogens is 3. The molecule has 2 aromatic carbocycles. The quantitative estimate of drug-likeness (QED) is 0.438. The van der Waals surface area contributed by atoms with E-state index in [0.29, 0.717) is 66.0 Å². The second-order valence-electron chi connectivity index (χ2n) is 9.32. The highest BCUT2D eigenvalue weighted by Gasteiger charge is 2.32. The van der Waals surface area contributed by atoms with Gasteiger partial charge in [0.2, 0.25) is 12.3 Å². The van der Waals surface area contributed by atoms with Crippen LogP contribution in [0.3, 0.4) is 0 Å². The third-order valence-corrected chi connectivity index (χ3v) is 6.86. The number of nitrogens with one attached hydrogen (secondary N) is 1. The molecule has 0 saturated carbocycles. The fourth-order valence-corrected chi connectivity index (χ4v) is 4.95. The first kappa shape index (κ1) is 26.4. The minimum absolute atomic E-state index is 0.0310. The van der Waals surface area contributed by atoms with Gasteiger partial charge in [0.25, 0.3) is 0 Å². The molecular weight excluding hydrogens is 487 g/mol. The molecule has 1 fully saturated rings. The second kappa shape index (κ2) is 10.7. The molecule has 1 aliphatic heterocycles. The number of ether oxygens (including phenoxy) is 2. The Hall–Kier alpha value is -3.69. The van der Waals surface area contributed by atoms with E-state index in [1.54, 1.807) is 30.1 Å². The van der Waals surface area contributed by atoms with Crippen LogP contribution in [-0.4, -0.2) is 74.2 Å². The number of nitrogens with zero attached hydrogens (tertiary/aromatic N) is 2. The molecular formula is C27H30F3N3O4. The monoisotopic (exact) mass is 517 g/mol. The third-order valence-electron chi connectivity index (χ3n) is 6.86. The molecule has 10 heteroatoms. The van der Waals surface area contributed by atoms with Crippen molar-refractivity contribution in [2.75, 3.05) is 40.9 Å². The van der Waals surface area contributed by atoms with Crippen molar-refractivity contribution in [1.82, 2.24) is 14.8 Å². The highest BCUT2D eigenvalue weighted by Crippen LogP contribution is 2.40. The Morgan fingerprint density at radius 1 is 1.11 bits per heavy atom. The molecule has 0 atom stereocenters. The summed E-state index contributed by atoms with van der Waals surface area (Å²) in [5.41, 5.74) is 2.72. The minimum Gasteiger partial charge on any atom is -0.493 e. The lowest BCUT2D eigenvalue weighted by molar-refractivity contribution is -0.135. The molecule has 198 valence electrons. The van der Waals surface area contributed by atoms with Crippen molar-refractivity contribution in [3.63, 3.8) is 0 Å². The number of rotatable bonds is 8. The number of hydrogen-bond donors (Lipinski definition) is 1. The lowest BCUT2D eigenvalue weighted by Crippen LogP contribution is -2.42. The molecule has 0 aliphatic carbocycles. The van der Waals surface area contributed by atoms with Gasteiger partial charge in [-0.2, -0.15) is 13.2 Å². The number of aromatic nitrogens is 1. The lowest BCUT2D eigenvalue weighted by Gasteiger charge is -2.33. The summed E-state index contributed by atoms with van der Waals surface area (Å²) in [6, 6.07) is 10.7. The SMILES string of the molecule is COc1ccc(-c2[nH]c3ccc(C4CCN(C(=O)CN(C)C=O)CC4)cc3c2CC(F)(F)F)cc1OC. The van der Waals surface area contributed by atoms with Crippen molar-refractivity contribution >= 4 is 23.2 Å². The van der Waals surface area contributed by atoms with E-state index in [2.05, 4.69) is 4.98 Å². The molecule has 1 N–H and O–H groups in total. The van der Waals surface area contributed by atoms with Crippen LogP contribution in [0.5, 0.6) is 11.5 Å². The Labute approximate surface area is 213 Å². The second-order valence-corrected chi connectivity index (χ2v) is 9.32. The van der Waals surface area contributed by atoms with Gasteiger partial charge in [-0.25, -0.2) is 0 Å². The number of fused-ring (bicyclic) bond motifs is 1. The zero-order chi connectivity index (χ0) is 26.7. The average Bonchev–Trinajstić information content (AvgIpc) is 3.24. The molecule has 7 nitrogen and oxygen atoms in total. The Balaban J connectivity index is 1.65. The summed E-state index contributed by atoms with van der Waals surface area (Å²) < 4.78 is 51.7. The van der Waals surface area contributed by atoms with Crippen LogP contribution in [0, 0.1) is 0 Å². The number of hydrogen-bond acceptors (Lipinski definition) is 4. The van der Waals surface area contributed by atoms with Crippen LogP contribution in [0.25, 0.3) is 22.2 Å². The number of benzene rings is 2. The normalized spacial score (nSPS) is 14.6. The summed E-state index contributed by atoms with van der Waals surface area (Å²) >= 11 is 0. The number of likely N-dealkylation sites (N-methyl/N-ethyl adjacent to an activating group) is 1. The van der Waals surface area contributed by atoms with Crippen molar-refractivity contribution in [3.05, 3.63) is 47.5 Å². The minimum atomic E-state index is -4.39. The van der Waals surface area contributed by atoms with Gasteiger partial charge in [0.1, 0.15) is 0 Å². The summed E-state index contributed by atoms with van der Waals surface area (Å²) in [7, 11) is 4.54. The average molecular weight is 518 g/mol. The predicted molar refractivity (Wildman–Crippen MR) is 134 cm³/mol. The van der Waals surface area contributed by atoms with E-state index in [1.807, 2.05) is 18.2 Å². The van der Waals surface area contributed by atoms with Gasteiger partial charge in [-0.05, 0) is 60.2 Å². The van der Waals surface area contributed by atoms with E-state index in [-0.39, 0.29) is 23.9 Å².